The Morgan fingerprint density at radius 1 is 0.630 bits per heavy atom. The first-order valence-electron chi connectivity index (χ1n) is 17.6. The Balaban J connectivity index is 0.000000401. The van der Waals surface area contributed by atoms with Crippen LogP contribution in [0, 0.1) is 0 Å². The van der Waals surface area contributed by atoms with Gasteiger partial charge in [-0.05, 0) is 95.3 Å². The van der Waals surface area contributed by atoms with Gasteiger partial charge in [-0.15, -0.1) is 0 Å². The molecular formula is C40H54N4O10. The fourth-order valence-corrected chi connectivity index (χ4v) is 4.60. The predicted octanol–water partition coefficient (Wildman–Crippen LogP) is 5.22. The molecule has 7 N–H and O–H groups in total. The standard InChI is InChI=1S/C24H30N2O6.C16H24N2O4/c1-5-19(22(29)32-24(2,3)4)25-21(28)20(17-11-13-18(27)14-12-17)26-23(30)31-15-16-9-7-6-8-10-16;1-5-12(15(21)22-16(2,3)4)18-14(20)13(17)10-6-8-11(19)9-7-10/h6-14,19-20,27H,5,15H2,1-4H3,(H,25,28)(H,26,30);6-9,12-13,19H,5,17H2,1-4H3,(H,18,20)/t19-,20+;12-,13+/m00/s1. The topological polar surface area (TPSA) is 216 Å². The van der Waals surface area contributed by atoms with Crippen molar-refractivity contribution in [2.45, 2.75) is 110 Å². The molecule has 0 unspecified atom stereocenters. The summed E-state index contributed by atoms with van der Waals surface area (Å²) in [5.74, 6) is -2.02. The number of rotatable bonds is 13. The lowest BCUT2D eigenvalue weighted by Crippen LogP contribution is -2.48. The number of hydrogen-bond acceptors (Lipinski definition) is 11. The maximum Gasteiger partial charge on any atom is 0.408 e. The van der Waals surface area contributed by atoms with E-state index in [2.05, 4.69) is 16.0 Å². The van der Waals surface area contributed by atoms with Crippen LogP contribution in [0.4, 0.5) is 4.79 Å². The quantitative estimate of drug-likeness (QED) is 0.0983. The highest BCUT2D eigenvalue weighted by Gasteiger charge is 2.31. The second-order valence-corrected chi connectivity index (χ2v) is 14.3. The molecule has 0 bridgehead atoms. The van der Waals surface area contributed by atoms with E-state index in [0.717, 1.165) is 5.56 Å². The van der Waals surface area contributed by atoms with Crippen LogP contribution in [0.3, 0.4) is 0 Å². The molecule has 0 radical (unpaired) electrons. The SMILES string of the molecule is CC[C@H](NC(=O)[C@H](N)c1ccc(O)cc1)C(=O)OC(C)(C)C.CC[C@H](NC(=O)[C@H](NC(=O)OCc1ccccc1)c1ccc(O)cc1)C(=O)OC(C)(C)C. The summed E-state index contributed by atoms with van der Waals surface area (Å²) in [6.45, 7) is 14.1. The lowest BCUT2D eigenvalue weighted by atomic mass is 10.1. The minimum Gasteiger partial charge on any atom is -0.508 e. The van der Waals surface area contributed by atoms with Crippen LogP contribution in [-0.2, 0) is 40.0 Å². The van der Waals surface area contributed by atoms with E-state index >= 15 is 0 Å². The maximum atomic E-state index is 13.0. The number of ether oxygens (including phenoxy) is 3. The summed E-state index contributed by atoms with van der Waals surface area (Å²) < 4.78 is 15.9. The van der Waals surface area contributed by atoms with Gasteiger partial charge >= 0.3 is 18.0 Å². The van der Waals surface area contributed by atoms with Gasteiger partial charge in [-0.25, -0.2) is 14.4 Å². The average molecular weight is 751 g/mol. The molecule has 14 heteroatoms. The molecule has 54 heavy (non-hydrogen) atoms. The second-order valence-electron chi connectivity index (χ2n) is 14.3. The highest BCUT2D eigenvalue weighted by molar-refractivity contribution is 5.91. The Bertz CT molecular complexity index is 1670. The van der Waals surface area contributed by atoms with Crippen molar-refractivity contribution >= 4 is 29.8 Å². The van der Waals surface area contributed by atoms with Crippen molar-refractivity contribution in [2.75, 3.05) is 0 Å². The molecule has 3 aromatic carbocycles. The summed E-state index contributed by atoms with van der Waals surface area (Å²) in [6.07, 6.45) is -0.0861. The number of nitrogens with two attached hydrogens (primary N) is 1. The molecule has 14 nitrogen and oxygen atoms in total. The monoisotopic (exact) mass is 750 g/mol. The molecule has 294 valence electrons. The Labute approximate surface area is 316 Å². The molecule has 0 fully saturated rings. The number of benzene rings is 3. The first-order chi connectivity index (χ1) is 25.2. The van der Waals surface area contributed by atoms with Crippen molar-refractivity contribution in [3.63, 3.8) is 0 Å². The Hall–Kier alpha value is -5.63. The molecule has 3 rings (SSSR count). The van der Waals surface area contributed by atoms with Gasteiger partial charge in [0, 0.05) is 0 Å². The Morgan fingerprint density at radius 2 is 1.06 bits per heavy atom. The summed E-state index contributed by atoms with van der Waals surface area (Å²) in [6, 6.07) is 17.3. The Kier molecular flexibility index (Phi) is 17.0. The van der Waals surface area contributed by atoms with Gasteiger partial charge < -0.3 is 46.1 Å². The largest absolute Gasteiger partial charge is 0.508 e. The first kappa shape index (κ1) is 44.5. The zero-order valence-corrected chi connectivity index (χ0v) is 32.2. The van der Waals surface area contributed by atoms with Crippen molar-refractivity contribution in [3.8, 4) is 11.5 Å². The molecule has 0 spiro atoms. The first-order valence-corrected chi connectivity index (χ1v) is 17.6. The third-order valence-electron chi connectivity index (χ3n) is 7.33. The van der Waals surface area contributed by atoms with E-state index in [1.165, 1.54) is 36.4 Å². The van der Waals surface area contributed by atoms with Gasteiger partial charge in [0.2, 0.25) is 11.8 Å². The molecule has 3 amide bonds. The van der Waals surface area contributed by atoms with Crippen LogP contribution in [0.15, 0.2) is 78.9 Å². The van der Waals surface area contributed by atoms with E-state index in [0.29, 0.717) is 24.0 Å². The van der Waals surface area contributed by atoms with Gasteiger partial charge in [0.05, 0.1) is 0 Å². The number of esters is 2. The minimum atomic E-state index is -1.14. The highest BCUT2D eigenvalue weighted by atomic mass is 16.6. The molecule has 0 heterocycles. The summed E-state index contributed by atoms with van der Waals surface area (Å²) in [5, 5.41) is 26.6. The van der Waals surface area contributed by atoms with E-state index in [4.69, 9.17) is 19.9 Å². The molecule has 0 aliphatic carbocycles. The normalized spacial score (nSPS) is 13.4. The molecule has 0 saturated heterocycles. The lowest BCUT2D eigenvalue weighted by Gasteiger charge is -2.25. The van der Waals surface area contributed by atoms with E-state index in [-0.39, 0.29) is 18.1 Å². The third kappa shape index (κ3) is 15.9. The van der Waals surface area contributed by atoms with Crippen LogP contribution in [0.1, 0.15) is 97.0 Å². The van der Waals surface area contributed by atoms with Gasteiger partial charge in [0.1, 0.15) is 53.5 Å². The predicted molar refractivity (Wildman–Crippen MR) is 202 cm³/mol. The zero-order chi connectivity index (χ0) is 40.6. The molecule has 0 aliphatic rings. The number of nitrogens with one attached hydrogen (secondary N) is 3. The summed E-state index contributed by atoms with van der Waals surface area (Å²) in [7, 11) is 0. The number of aromatic hydroxyl groups is 2. The number of hydrogen-bond donors (Lipinski definition) is 6. The highest BCUT2D eigenvalue weighted by Crippen LogP contribution is 2.20. The van der Waals surface area contributed by atoms with E-state index in [1.807, 2.05) is 30.3 Å². The molecule has 0 saturated carbocycles. The van der Waals surface area contributed by atoms with Crippen LogP contribution in [-0.4, -0.2) is 63.3 Å². The lowest BCUT2D eigenvalue weighted by molar-refractivity contribution is -0.159. The van der Waals surface area contributed by atoms with Crippen LogP contribution < -0.4 is 21.7 Å². The fourth-order valence-electron chi connectivity index (χ4n) is 4.60. The van der Waals surface area contributed by atoms with E-state index in [9.17, 15) is 34.2 Å². The minimum absolute atomic E-state index is 0.0137. The number of phenols is 2. The van der Waals surface area contributed by atoms with Crippen LogP contribution in [0.2, 0.25) is 0 Å². The van der Waals surface area contributed by atoms with Gasteiger partial charge in [0.15, 0.2) is 0 Å². The summed E-state index contributed by atoms with van der Waals surface area (Å²) in [5.41, 5.74) is 6.31. The number of phenolic OH excluding ortho intramolecular Hbond substituents is 2. The van der Waals surface area contributed by atoms with Crippen LogP contribution in [0.5, 0.6) is 11.5 Å². The van der Waals surface area contributed by atoms with Crippen molar-refractivity contribution in [3.05, 3.63) is 95.6 Å². The number of amides is 3. The third-order valence-corrected chi connectivity index (χ3v) is 7.33. The average Bonchev–Trinajstić information content (AvgIpc) is 3.10. The van der Waals surface area contributed by atoms with Crippen molar-refractivity contribution in [2.24, 2.45) is 5.73 Å². The van der Waals surface area contributed by atoms with E-state index < -0.39 is 65.2 Å². The molecule has 0 aliphatic heterocycles. The molecular weight excluding hydrogens is 696 g/mol. The van der Waals surface area contributed by atoms with Crippen LogP contribution in [0.25, 0.3) is 0 Å². The Morgan fingerprint density at radius 3 is 1.48 bits per heavy atom. The van der Waals surface area contributed by atoms with Gasteiger partial charge in [-0.1, -0.05) is 68.4 Å². The summed E-state index contributed by atoms with van der Waals surface area (Å²) in [4.78, 5) is 62.0. The zero-order valence-electron chi connectivity index (χ0n) is 32.2. The van der Waals surface area contributed by atoms with Gasteiger partial charge in [-0.3, -0.25) is 9.59 Å². The number of alkyl carbamates (subject to hydrolysis) is 1. The van der Waals surface area contributed by atoms with Crippen molar-refractivity contribution in [1.29, 1.82) is 0 Å². The summed E-state index contributed by atoms with van der Waals surface area (Å²) >= 11 is 0. The fraction of sp³-hybridized carbons (Fsp3) is 0.425. The molecule has 4 atom stereocenters. The smallest absolute Gasteiger partial charge is 0.408 e. The van der Waals surface area contributed by atoms with E-state index in [1.54, 1.807) is 67.5 Å². The number of carbonyl (C=O) groups excluding carboxylic acids is 5. The van der Waals surface area contributed by atoms with Gasteiger partial charge in [-0.2, -0.15) is 0 Å². The second kappa shape index (κ2) is 20.6. The van der Waals surface area contributed by atoms with Crippen molar-refractivity contribution in [1.82, 2.24) is 16.0 Å². The maximum absolute atomic E-state index is 13.0. The number of carbonyl (C=O) groups is 5. The molecule has 3 aromatic rings. The van der Waals surface area contributed by atoms with Crippen LogP contribution >= 0.6 is 0 Å². The van der Waals surface area contributed by atoms with Crippen molar-refractivity contribution < 1.29 is 48.4 Å². The van der Waals surface area contributed by atoms with Gasteiger partial charge in [0.25, 0.3) is 0 Å². The molecule has 0 aromatic heterocycles.